The van der Waals surface area contributed by atoms with Crippen molar-refractivity contribution < 1.29 is 5.11 Å². The molecule has 1 rings (SSSR count). The molecular formula is C10H14N2O. The van der Waals surface area contributed by atoms with E-state index in [9.17, 15) is 0 Å². The van der Waals surface area contributed by atoms with Crippen LogP contribution in [0.2, 0.25) is 0 Å². The van der Waals surface area contributed by atoms with Crippen LogP contribution < -0.4 is 5.73 Å². The van der Waals surface area contributed by atoms with Crippen molar-refractivity contribution in [2.24, 2.45) is 10.7 Å². The van der Waals surface area contributed by atoms with E-state index < -0.39 is 0 Å². The van der Waals surface area contributed by atoms with E-state index in [4.69, 9.17) is 10.8 Å². The Kier molecular flexibility index (Phi) is 3.31. The number of nitrogens with two attached hydrogens (primary N) is 1. The van der Waals surface area contributed by atoms with Crippen LogP contribution >= 0.6 is 0 Å². The minimum absolute atomic E-state index is 0.273. The Balaban J connectivity index is 2.64. The molecule has 0 spiro atoms. The summed E-state index contributed by atoms with van der Waals surface area (Å²) in [6.07, 6.45) is 0.647. The number of hydrogen-bond acceptors (Lipinski definition) is 2. The van der Waals surface area contributed by atoms with Crippen molar-refractivity contribution in [1.82, 2.24) is 0 Å². The third kappa shape index (κ3) is 3.15. The molecule has 0 aliphatic heterocycles. The smallest absolute Gasteiger partial charge is 0.115 e. The van der Waals surface area contributed by atoms with Gasteiger partial charge in [-0.1, -0.05) is 12.1 Å². The first kappa shape index (κ1) is 9.58. The highest BCUT2D eigenvalue weighted by atomic mass is 16.3. The highest BCUT2D eigenvalue weighted by Gasteiger charge is 1.95. The van der Waals surface area contributed by atoms with Gasteiger partial charge in [0, 0.05) is 13.0 Å². The van der Waals surface area contributed by atoms with Crippen LogP contribution in [-0.4, -0.2) is 17.5 Å². The van der Waals surface area contributed by atoms with Crippen LogP contribution in [0.15, 0.2) is 29.3 Å². The van der Waals surface area contributed by atoms with Crippen molar-refractivity contribution in [3.05, 3.63) is 29.8 Å². The molecule has 3 nitrogen and oxygen atoms in total. The van der Waals surface area contributed by atoms with Gasteiger partial charge in [-0.25, -0.2) is 0 Å². The molecule has 0 fully saturated rings. The fourth-order valence-electron chi connectivity index (χ4n) is 1.08. The molecule has 1 aromatic rings. The number of aromatic hydroxyl groups is 1. The summed E-state index contributed by atoms with van der Waals surface area (Å²) in [5, 5.41) is 9.03. The minimum Gasteiger partial charge on any atom is -0.508 e. The predicted octanol–water partition coefficient (Wildman–Crippen LogP) is 1.31. The lowest BCUT2D eigenvalue weighted by atomic mass is 10.1. The Hall–Kier alpha value is -1.51. The van der Waals surface area contributed by atoms with Gasteiger partial charge in [-0.05, 0) is 24.6 Å². The molecule has 0 bridgehead atoms. The summed E-state index contributed by atoms with van der Waals surface area (Å²) in [7, 11) is 0. The summed E-state index contributed by atoms with van der Waals surface area (Å²) < 4.78 is 0. The van der Waals surface area contributed by atoms with Crippen LogP contribution in [0.5, 0.6) is 5.75 Å². The highest BCUT2D eigenvalue weighted by Crippen LogP contribution is 2.09. The summed E-state index contributed by atoms with van der Waals surface area (Å²) in [5.41, 5.74) is 6.70. The van der Waals surface area contributed by atoms with Crippen molar-refractivity contribution in [2.45, 2.75) is 13.3 Å². The molecule has 0 aromatic heterocycles. The number of phenolic OH excluding ortho intramolecular Hbond substituents is 1. The number of hydrogen-bond donors (Lipinski definition) is 2. The van der Waals surface area contributed by atoms with E-state index >= 15 is 0 Å². The van der Waals surface area contributed by atoms with Gasteiger partial charge in [0.15, 0.2) is 0 Å². The van der Waals surface area contributed by atoms with E-state index in [2.05, 4.69) is 4.99 Å². The maximum atomic E-state index is 9.03. The van der Waals surface area contributed by atoms with Gasteiger partial charge >= 0.3 is 0 Å². The molecule has 0 saturated heterocycles. The van der Waals surface area contributed by atoms with Gasteiger partial charge in [-0.2, -0.15) is 0 Å². The second kappa shape index (κ2) is 4.50. The average Bonchev–Trinajstić information content (AvgIpc) is 2.09. The van der Waals surface area contributed by atoms with Gasteiger partial charge in [0.25, 0.3) is 0 Å². The van der Waals surface area contributed by atoms with E-state index in [-0.39, 0.29) is 5.75 Å². The topological polar surface area (TPSA) is 58.6 Å². The molecule has 0 aliphatic carbocycles. The fraction of sp³-hybridized carbons (Fsp3) is 0.300. The van der Waals surface area contributed by atoms with Gasteiger partial charge in [0.1, 0.15) is 5.75 Å². The van der Waals surface area contributed by atoms with E-state index in [1.165, 1.54) is 0 Å². The molecule has 70 valence electrons. The second-order valence-corrected chi connectivity index (χ2v) is 2.81. The average molecular weight is 178 g/mol. The van der Waals surface area contributed by atoms with Gasteiger partial charge in [0.05, 0.1) is 5.84 Å². The lowest BCUT2D eigenvalue weighted by molar-refractivity contribution is 0.475. The first-order valence-corrected chi connectivity index (χ1v) is 4.29. The van der Waals surface area contributed by atoms with Crippen molar-refractivity contribution >= 4 is 5.84 Å². The molecule has 0 heterocycles. The Morgan fingerprint density at radius 2 is 2.00 bits per heavy atom. The van der Waals surface area contributed by atoms with Crippen molar-refractivity contribution in [2.75, 3.05) is 6.54 Å². The molecule has 3 heteroatoms. The van der Waals surface area contributed by atoms with Crippen molar-refractivity contribution in [3.63, 3.8) is 0 Å². The number of benzene rings is 1. The summed E-state index contributed by atoms with van der Waals surface area (Å²) in [6, 6.07) is 6.98. The lowest BCUT2D eigenvalue weighted by Crippen LogP contribution is -2.15. The quantitative estimate of drug-likeness (QED) is 0.541. The number of rotatable bonds is 3. The van der Waals surface area contributed by atoms with E-state index in [1.807, 2.05) is 19.1 Å². The second-order valence-electron chi connectivity index (χ2n) is 2.81. The summed E-state index contributed by atoms with van der Waals surface area (Å²) >= 11 is 0. The van der Waals surface area contributed by atoms with Crippen LogP contribution in [0, 0.1) is 0 Å². The SMILES string of the molecule is CCN=C(N)Cc1ccc(O)cc1. The standard InChI is InChI=1S/C10H14N2O/c1-2-12-10(11)7-8-3-5-9(13)6-4-8/h3-6,13H,2,7H2,1H3,(H2,11,12). The molecule has 0 amide bonds. The van der Waals surface area contributed by atoms with Crippen LogP contribution in [0.4, 0.5) is 0 Å². The molecule has 0 saturated carbocycles. The lowest BCUT2D eigenvalue weighted by Gasteiger charge is -2.00. The number of aliphatic imine (C=N–C) groups is 1. The molecular weight excluding hydrogens is 164 g/mol. The zero-order valence-electron chi connectivity index (χ0n) is 7.70. The number of nitrogens with zero attached hydrogens (tertiary/aromatic N) is 1. The number of phenols is 1. The Labute approximate surface area is 77.9 Å². The Morgan fingerprint density at radius 1 is 1.38 bits per heavy atom. The third-order valence-corrected chi connectivity index (χ3v) is 1.68. The van der Waals surface area contributed by atoms with Crippen LogP contribution in [0.25, 0.3) is 0 Å². The first-order chi connectivity index (χ1) is 6.22. The molecule has 3 N–H and O–H groups in total. The Morgan fingerprint density at radius 3 is 2.54 bits per heavy atom. The van der Waals surface area contributed by atoms with E-state index in [0.29, 0.717) is 18.8 Å². The van der Waals surface area contributed by atoms with Gasteiger partial charge in [0.2, 0.25) is 0 Å². The van der Waals surface area contributed by atoms with Crippen LogP contribution in [-0.2, 0) is 6.42 Å². The molecule has 13 heavy (non-hydrogen) atoms. The maximum Gasteiger partial charge on any atom is 0.115 e. The molecule has 0 unspecified atom stereocenters. The van der Waals surface area contributed by atoms with E-state index in [1.54, 1.807) is 12.1 Å². The van der Waals surface area contributed by atoms with Crippen LogP contribution in [0.3, 0.4) is 0 Å². The molecule has 0 aliphatic rings. The first-order valence-electron chi connectivity index (χ1n) is 4.29. The monoisotopic (exact) mass is 178 g/mol. The minimum atomic E-state index is 0.273. The number of amidine groups is 1. The molecule has 0 radical (unpaired) electrons. The maximum absolute atomic E-state index is 9.03. The summed E-state index contributed by atoms with van der Waals surface area (Å²) in [5.74, 6) is 0.906. The normalized spacial score (nSPS) is 11.6. The van der Waals surface area contributed by atoms with Crippen molar-refractivity contribution in [1.29, 1.82) is 0 Å². The molecule has 1 aromatic carbocycles. The zero-order valence-corrected chi connectivity index (χ0v) is 7.70. The Bertz CT molecular complexity index is 290. The van der Waals surface area contributed by atoms with Gasteiger partial charge in [-0.3, -0.25) is 4.99 Å². The highest BCUT2D eigenvalue weighted by molar-refractivity contribution is 5.82. The zero-order chi connectivity index (χ0) is 9.68. The fourth-order valence-corrected chi connectivity index (χ4v) is 1.08. The van der Waals surface area contributed by atoms with E-state index in [0.717, 1.165) is 5.56 Å². The molecule has 0 atom stereocenters. The van der Waals surface area contributed by atoms with Crippen LogP contribution in [0.1, 0.15) is 12.5 Å². The van der Waals surface area contributed by atoms with Gasteiger partial charge < -0.3 is 10.8 Å². The summed E-state index contributed by atoms with van der Waals surface area (Å²) in [4.78, 5) is 4.07. The largest absolute Gasteiger partial charge is 0.508 e. The van der Waals surface area contributed by atoms with Crippen molar-refractivity contribution in [3.8, 4) is 5.75 Å². The third-order valence-electron chi connectivity index (χ3n) is 1.68. The summed E-state index contributed by atoms with van der Waals surface area (Å²) in [6.45, 7) is 2.66. The predicted molar refractivity (Wildman–Crippen MR) is 54.0 cm³/mol. The van der Waals surface area contributed by atoms with Gasteiger partial charge in [-0.15, -0.1) is 0 Å².